The molecule has 33 heavy (non-hydrogen) atoms. The van der Waals surface area contributed by atoms with Gasteiger partial charge < -0.3 is 15.0 Å². The lowest BCUT2D eigenvalue weighted by Gasteiger charge is -2.31. The third kappa shape index (κ3) is 5.45. The summed E-state index contributed by atoms with van der Waals surface area (Å²) >= 11 is 0. The van der Waals surface area contributed by atoms with Gasteiger partial charge in [0.2, 0.25) is 0 Å². The quantitative estimate of drug-likeness (QED) is 0.669. The molecule has 0 bridgehead atoms. The number of benzene rings is 2. The van der Waals surface area contributed by atoms with Gasteiger partial charge in [-0.1, -0.05) is 24.3 Å². The molecule has 0 spiro atoms. The summed E-state index contributed by atoms with van der Waals surface area (Å²) < 4.78 is 5.07. The molecule has 1 saturated heterocycles. The second-order valence-corrected chi connectivity index (χ2v) is 9.35. The Kier molecular flexibility index (Phi) is 7.46. The fourth-order valence-electron chi connectivity index (χ4n) is 4.92. The molecule has 1 N–H and O–H groups in total. The van der Waals surface area contributed by atoms with Crippen molar-refractivity contribution in [1.82, 2.24) is 15.1 Å². The third-order valence-electron chi connectivity index (χ3n) is 6.90. The van der Waals surface area contributed by atoms with E-state index in [1.807, 2.05) is 48.2 Å². The molecule has 2 aliphatic rings. The molecule has 0 aromatic heterocycles. The lowest BCUT2D eigenvalue weighted by Crippen LogP contribution is -2.43. The van der Waals surface area contributed by atoms with Crippen LogP contribution in [0.2, 0.25) is 0 Å². The smallest absolute Gasteiger partial charge is 0.254 e. The zero-order valence-electron chi connectivity index (χ0n) is 20.0. The lowest BCUT2D eigenvalue weighted by atomic mass is 9.93. The molecule has 0 radical (unpaired) electrons. The number of nitrogens with zero attached hydrogens (tertiary/aromatic N) is 2. The minimum absolute atomic E-state index is 0.0429. The number of hydrogen-bond donors (Lipinski definition) is 1. The van der Waals surface area contributed by atoms with E-state index in [-0.39, 0.29) is 17.9 Å². The molecule has 2 aromatic carbocycles. The first-order valence-electron chi connectivity index (χ1n) is 12.0. The highest BCUT2D eigenvalue weighted by atomic mass is 16.5. The monoisotopic (exact) mass is 449 g/mol. The maximum atomic E-state index is 13.1. The summed E-state index contributed by atoms with van der Waals surface area (Å²) in [6, 6.07) is 14.3. The van der Waals surface area contributed by atoms with Gasteiger partial charge in [0.15, 0.2) is 0 Å². The van der Waals surface area contributed by atoms with Gasteiger partial charge in [0.1, 0.15) is 0 Å². The van der Waals surface area contributed by atoms with Crippen LogP contribution in [0, 0.1) is 0 Å². The number of hydrogen-bond acceptors (Lipinski definition) is 4. The summed E-state index contributed by atoms with van der Waals surface area (Å²) in [5, 5.41) is 2.93. The van der Waals surface area contributed by atoms with E-state index < -0.39 is 0 Å². The van der Waals surface area contributed by atoms with Crippen LogP contribution in [-0.2, 0) is 11.2 Å². The minimum atomic E-state index is -0.106. The van der Waals surface area contributed by atoms with Crippen LogP contribution in [0.5, 0.6) is 0 Å². The van der Waals surface area contributed by atoms with Crippen LogP contribution in [0.4, 0.5) is 0 Å². The number of methoxy groups -OCH3 is 1. The molecular weight excluding hydrogens is 414 g/mol. The van der Waals surface area contributed by atoms with Crippen molar-refractivity contribution in [2.75, 3.05) is 39.9 Å². The van der Waals surface area contributed by atoms with Crippen molar-refractivity contribution < 1.29 is 14.3 Å². The highest BCUT2D eigenvalue weighted by Gasteiger charge is 2.26. The van der Waals surface area contributed by atoms with E-state index in [2.05, 4.69) is 23.2 Å². The SMILES string of the molecule is COC[C@H](C)NC(=O)c1ccc(-c2ccc3c(c2)CCN(CCN2CCC[C@H]2C)C3=O)cc1. The fraction of sp³-hybridized carbons (Fsp3) is 0.481. The number of likely N-dealkylation sites (tertiary alicyclic amines) is 1. The number of amides is 2. The molecule has 176 valence electrons. The van der Waals surface area contributed by atoms with E-state index in [9.17, 15) is 9.59 Å². The molecule has 2 amide bonds. The highest BCUT2D eigenvalue weighted by molar-refractivity contribution is 5.97. The summed E-state index contributed by atoms with van der Waals surface area (Å²) in [6.07, 6.45) is 3.40. The molecule has 1 fully saturated rings. The Morgan fingerprint density at radius 3 is 2.58 bits per heavy atom. The Labute approximate surface area is 196 Å². The van der Waals surface area contributed by atoms with Gasteiger partial charge in [0, 0.05) is 50.0 Å². The van der Waals surface area contributed by atoms with E-state index in [4.69, 9.17) is 4.74 Å². The Balaban J connectivity index is 1.40. The van der Waals surface area contributed by atoms with Crippen LogP contribution >= 0.6 is 0 Å². The van der Waals surface area contributed by atoms with E-state index in [0.717, 1.165) is 54.9 Å². The van der Waals surface area contributed by atoms with Crippen LogP contribution in [0.3, 0.4) is 0 Å². The van der Waals surface area contributed by atoms with Crippen molar-refractivity contribution in [2.45, 2.75) is 45.2 Å². The average Bonchev–Trinajstić information content (AvgIpc) is 3.23. The highest BCUT2D eigenvalue weighted by Crippen LogP contribution is 2.27. The molecule has 0 aliphatic carbocycles. The number of fused-ring (bicyclic) bond motifs is 1. The Bertz CT molecular complexity index is 989. The molecule has 2 heterocycles. The Hall–Kier alpha value is -2.70. The molecule has 0 unspecified atom stereocenters. The zero-order chi connectivity index (χ0) is 23.4. The lowest BCUT2D eigenvalue weighted by molar-refractivity contribution is 0.0716. The van der Waals surface area contributed by atoms with Gasteiger partial charge in [-0.25, -0.2) is 0 Å². The standard InChI is InChI=1S/C27H35N3O3/c1-19(18-33-3)28-26(31)22-8-6-21(7-9-22)23-10-11-25-24(17-23)12-14-30(27(25)32)16-15-29-13-4-5-20(29)2/h6-11,17,19-20H,4-5,12-16,18H2,1-3H3,(H,28,31)/t19-,20+/m0/s1. The largest absolute Gasteiger partial charge is 0.383 e. The average molecular weight is 450 g/mol. The van der Waals surface area contributed by atoms with Gasteiger partial charge >= 0.3 is 0 Å². The van der Waals surface area contributed by atoms with Crippen LogP contribution in [0.25, 0.3) is 11.1 Å². The van der Waals surface area contributed by atoms with Crippen molar-refractivity contribution in [2.24, 2.45) is 0 Å². The normalized spacial score (nSPS) is 19.4. The predicted molar refractivity (Wildman–Crippen MR) is 131 cm³/mol. The Morgan fingerprint density at radius 2 is 1.88 bits per heavy atom. The number of nitrogens with one attached hydrogen (secondary N) is 1. The van der Waals surface area contributed by atoms with Crippen LogP contribution in [0.1, 0.15) is 53.0 Å². The second-order valence-electron chi connectivity index (χ2n) is 9.35. The van der Waals surface area contributed by atoms with Crippen LogP contribution in [-0.4, -0.2) is 73.6 Å². The molecule has 2 aliphatic heterocycles. The topological polar surface area (TPSA) is 61.9 Å². The maximum absolute atomic E-state index is 13.1. The summed E-state index contributed by atoms with van der Waals surface area (Å²) in [5.41, 5.74) is 4.66. The first-order valence-corrected chi connectivity index (χ1v) is 12.0. The first kappa shape index (κ1) is 23.5. The number of carbonyl (C=O) groups is 2. The molecule has 2 atom stereocenters. The summed E-state index contributed by atoms with van der Waals surface area (Å²) in [6.45, 7) is 8.36. The van der Waals surface area contributed by atoms with Crippen LogP contribution in [0.15, 0.2) is 42.5 Å². The molecule has 6 nitrogen and oxygen atoms in total. The van der Waals surface area contributed by atoms with Gasteiger partial charge in [-0.15, -0.1) is 0 Å². The van der Waals surface area contributed by atoms with Gasteiger partial charge in [-0.05, 0) is 74.5 Å². The van der Waals surface area contributed by atoms with Crippen molar-refractivity contribution >= 4 is 11.8 Å². The van der Waals surface area contributed by atoms with Crippen LogP contribution < -0.4 is 5.32 Å². The summed E-state index contributed by atoms with van der Waals surface area (Å²) in [5.74, 6) is 0.0393. The fourth-order valence-corrected chi connectivity index (χ4v) is 4.92. The van der Waals surface area contributed by atoms with Gasteiger partial charge in [-0.2, -0.15) is 0 Å². The molecular formula is C27H35N3O3. The molecule has 6 heteroatoms. The molecule has 2 aromatic rings. The summed E-state index contributed by atoms with van der Waals surface area (Å²) in [4.78, 5) is 29.9. The predicted octanol–water partition coefficient (Wildman–Crippen LogP) is 3.60. The number of rotatable bonds is 8. The minimum Gasteiger partial charge on any atom is -0.383 e. The van der Waals surface area contributed by atoms with E-state index in [1.165, 1.54) is 12.8 Å². The van der Waals surface area contributed by atoms with Gasteiger partial charge in [0.05, 0.1) is 6.61 Å². The van der Waals surface area contributed by atoms with Crippen molar-refractivity contribution in [3.63, 3.8) is 0 Å². The molecule has 0 saturated carbocycles. The van der Waals surface area contributed by atoms with E-state index in [0.29, 0.717) is 18.2 Å². The second kappa shape index (κ2) is 10.5. The van der Waals surface area contributed by atoms with Crippen molar-refractivity contribution in [1.29, 1.82) is 0 Å². The van der Waals surface area contributed by atoms with E-state index in [1.54, 1.807) is 7.11 Å². The van der Waals surface area contributed by atoms with Crippen molar-refractivity contribution in [3.05, 3.63) is 59.2 Å². The van der Waals surface area contributed by atoms with Gasteiger partial charge in [0.25, 0.3) is 11.8 Å². The molecule has 4 rings (SSSR count). The first-order chi connectivity index (χ1) is 16.0. The maximum Gasteiger partial charge on any atom is 0.254 e. The van der Waals surface area contributed by atoms with Gasteiger partial charge in [-0.3, -0.25) is 14.5 Å². The zero-order valence-corrected chi connectivity index (χ0v) is 20.0. The number of ether oxygens (including phenoxy) is 1. The third-order valence-corrected chi connectivity index (χ3v) is 6.90. The Morgan fingerprint density at radius 1 is 1.12 bits per heavy atom. The van der Waals surface area contributed by atoms with Crippen molar-refractivity contribution in [3.8, 4) is 11.1 Å². The summed E-state index contributed by atoms with van der Waals surface area (Å²) in [7, 11) is 1.62. The van der Waals surface area contributed by atoms with E-state index >= 15 is 0 Å². The number of carbonyl (C=O) groups excluding carboxylic acids is 2.